The van der Waals surface area contributed by atoms with Gasteiger partial charge in [0.2, 0.25) is 5.95 Å². The highest BCUT2D eigenvalue weighted by Gasteiger charge is 2.22. The van der Waals surface area contributed by atoms with Gasteiger partial charge in [0, 0.05) is 7.05 Å². The average molecular weight is 496 g/mol. The molecular formula is C20H27ClN7O4P. The maximum Gasteiger partial charge on any atom is 0.318 e. The molecule has 3 rings (SSSR count). The Hall–Kier alpha value is -2.56. The van der Waals surface area contributed by atoms with Crippen molar-refractivity contribution >= 4 is 49.3 Å². The van der Waals surface area contributed by atoms with Crippen molar-refractivity contribution in [1.82, 2.24) is 24.6 Å². The van der Waals surface area contributed by atoms with Crippen molar-refractivity contribution in [3.8, 4) is 5.75 Å². The molecule has 0 aliphatic carbocycles. The second kappa shape index (κ2) is 12.1. The summed E-state index contributed by atoms with van der Waals surface area (Å²) in [4.78, 5) is 23.9. The van der Waals surface area contributed by atoms with Crippen LogP contribution in [0.2, 0.25) is 0 Å². The molecule has 4 unspecified atom stereocenters. The Kier molecular flexibility index (Phi) is 9.16. The van der Waals surface area contributed by atoms with E-state index in [0.29, 0.717) is 22.7 Å². The molecule has 0 aliphatic heterocycles. The van der Waals surface area contributed by atoms with Crippen LogP contribution < -0.4 is 20.7 Å². The van der Waals surface area contributed by atoms with E-state index in [0.717, 1.165) is 6.29 Å². The zero-order chi connectivity index (χ0) is 23.8. The fraction of sp³-hybridized carbons (Fsp3) is 0.400. The van der Waals surface area contributed by atoms with Crippen LogP contribution >= 0.6 is 20.1 Å². The number of imidazole rings is 1. The number of nitrogen functional groups attached to an aromatic ring is 1. The predicted octanol–water partition coefficient (Wildman–Crippen LogP) is 3.09. The van der Waals surface area contributed by atoms with Crippen LogP contribution in [-0.4, -0.2) is 57.5 Å². The fourth-order valence-corrected chi connectivity index (χ4v) is 4.20. The lowest BCUT2D eigenvalue weighted by Gasteiger charge is -2.25. The Morgan fingerprint density at radius 2 is 2.03 bits per heavy atom. The first-order valence-corrected chi connectivity index (χ1v) is 11.9. The monoisotopic (exact) mass is 495 g/mol. The number of aromatic nitrogens is 4. The first kappa shape index (κ1) is 25.1. The molecule has 0 fully saturated rings. The predicted molar refractivity (Wildman–Crippen MR) is 128 cm³/mol. The van der Waals surface area contributed by atoms with E-state index in [4.69, 9.17) is 31.1 Å². The number of aldehydes is 1. The Labute approximate surface area is 198 Å². The summed E-state index contributed by atoms with van der Waals surface area (Å²) in [7, 11) is 0.118. The maximum absolute atomic E-state index is 11.1. The first-order valence-electron chi connectivity index (χ1n) is 10.2. The lowest BCUT2D eigenvalue weighted by Crippen LogP contribution is -2.29. The Balaban J connectivity index is 1.67. The molecule has 0 saturated heterocycles. The number of halogens is 1. The number of alkyl halides is 1. The van der Waals surface area contributed by atoms with Crippen molar-refractivity contribution in [2.75, 3.05) is 30.6 Å². The van der Waals surface area contributed by atoms with Gasteiger partial charge in [0.25, 0.3) is 0 Å². The van der Waals surface area contributed by atoms with Gasteiger partial charge in [-0.3, -0.25) is 4.57 Å². The summed E-state index contributed by atoms with van der Waals surface area (Å²) in [6, 6.07) is 8.75. The van der Waals surface area contributed by atoms with E-state index in [1.165, 1.54) is 0 Å². The number of nitrogens with one attached hydrogen (secondary N) is 2. The largest absolute Gasteiger partial charge is 0.436 e. The summed E-state index contributed by atoms with van der Waals surface area (Å²) in [6.45, 7) is 3.69. The number of hydrogen-bond donors (Lipinski definition) is 3. The van der Waals surface area contributed by atoms with E-state index < -0.39 is 26.9 Å². The summed E-state index contributed by atoms with van der Waals surface area (Å²) >= 11 is 6.15. The summed E-state index contributed by atoms with van der Waals surface area (Å²) < 4.78 is 19.6. The number of rotatable bonds is 13. The number of ether oxygens (including phenoxy) is 1. The van der Waals surface area contributed by atoms with Crippen LogP contribution in [0.15, 0.2) is 36.7 Å². The molecule has 11 nitrogen and oxygen atoms in total. The number of carbonyl (C=O) groups excluding carboxylic acids is 1. The van der Waals surface area contributed by atoms with Crippen LogP contribution in [0.3, 0.4) is 0 Å². The third-order valence-corrected chi connectivity index (χ3v) is 6.17. The number of carbonyl (C=O) groups is 1. The van der Waals surface area contributed by atoms with E-state index in [1.54, 1.807) is 37.0 Å². The molecule has 13 heteroatoms. The Bertz CT molecular complexity index is 1040. The van der Waals surface area contributed by atoms with Crippen LogP contribution in [0.1, 0.15) is 20.1 Å². The third kappa shape index (κ3) is 6.72. The van der Waals surface area contributed by atoms with Gasteiger partial charge in [-0.1, -0.05) is 18.2 Å². The van der Waals surface area contributed by atoms with E-state index in [9.17, 15) is 4.79 Å². The number of anilines is 2. The molecule has 0 bridgehead atoms. The molecule has 3 aromatic rings. The second-order valence-corrected chi connectivity index (χ2v) is 8.55. The van der Waals surface area contributed by atoms with Gasteiger partial charge in [0.1, 0.15) is 18.3 Å². The lowest BCUT2D eigenvalue weighted by molar-refractivity contribution is -0.108. The minimum atomic E-state index is -1.61. The summed E-state index contributed by atoms with van der Waals surface area (Å²) in [5.74, 6) is 1.44. The van der Waals surface area contributed by atoms with E-state index in [1.807, 2.05) is 25.1 Å². The molecule has 1 aromatic carbocycles. The van der Waals surface area contributed by atoms with Crippen molar-refractivity contribution in [1.29, 1.82) is 0 Å². The van der Waals surface area contributed by atoms with Gasteiger partial charge in [0.05, 0.1) is 31.0 Å². The van der Waals surface area contributed by atoms with Crippen molar-refractivity contribution < 1.29 is 18.6 Å². The van der Waals surface area contributed by atoms with Gasteiger partial charge in [-0.15, -0.1) is 11.6 Å². The molecule has 178 valence electrons. The first-order chi connectivity index (χ1) is 15.9. The van der Waals surface area contributed by atoms with Gasteiger partial charge in [0.15, 0.2) is 17.0 Å². The number of benzene rings is 1. The van der Waals surface area contributed by atoms with Gasteiger partial charge < -0.3 is 29.6 Å². The van der Waals surface area contributed by atoms with Crippen LogP contribution in [0.25, 0.3) is 11.2 Å². The number of nitrogens with zero attached hydrogens (tertiary/aromatic N) is 4. The highest BCUT2D eigenvalue weighted by atomic mass is 35.5. The molecule has 0 radical (unpaired) electrons. The second-order valence-electron chi connectivity index (χ2n) is 7.03. The zero-order valence-corrected chi connectivity index (χ0v) is 20.2. The molecule has 0 aliphatic rings. The number of hydrogen-bond acceptors (Lipinski definition) is 10. The smallest absolute Gasteiger partial charge is 0.318 e. The minimum absolute atomic E-state index is 0.122. The quantitative estimate of drug-likeness (QED) is 0.184. The topological polar surface area (TPSA) is 138 Å². The molecule has 2 heterocycles. The SMILES string of the molecule is CNc1nc(N)nc2c1ncn2C(C)OC(CCl)COP(NC(C)C=O)Oc1ccccc1. The van der Waals surface area contributed by atoms with Crippen LogP contribution in [0, 0.1) is 0 Å². The normalized spacial score (nSPS) is 15.0. The standard InChI is InChI=1S/C20H27ClN7O4P/c1-13(10-29)27-33(32-15-7-5-4-6-8-15)30-11-16(9-21)31-14(2)28-12-24-17-18(23-3)25-20(22)26-19(17)28/h4-8,10,12-14,16,27H,9,11H2,1-3H3,(H3,22,23,25,26). The molecule has 4 N–H and O–H groups in total. The highest BCUT2D eigenvalue weighted by Crippen LogP contribution is 2.36. The van der Waals surface area contributed by atoms with E-state index in [2.05, 4.69) is 25.4 Å². The Morgan fingerprint density at radius 3 is 2.70 bits per heavy atom. The highest BCUT2D eigenvalue weighted by molar-refractivity contribution is 7.45. The molecule has 0 spiro atoms. The van der Waals surface area contributed by atoms with Crippen molar-refractivity contribution in [3.05, 3.63) is 36.7 Å². The van der Waals surface area contributed by atoms with Crippen molar-refractivity contribution in [2.24, 2.45) is 0 Å². The zero-order valence-electron chi connectivity index (χ0n) is 18.5. The van der Waals surface area contributed by atoms with Crippen LogP contribution in [0.4, 0.5) is 11.8 Å². The van der Waals surface area contributed by atoms with Crippen LogP contribution in [-0.2, 0) is 14.1 Å². The van der Waals surface area contributed by atoms with Crippen LogP contribution in [0.5, 0.6) is 5.75 Å². The van der Waals surface area contributed by atoms with Gasteiger partial charge in [-0.25, -0.2) is 10.1 Å². The number of fused-ring (bicyclic) bond motifs is 1. The number of nitrogens with two attached hydrogens (primary N) is 1. The lowest BCUT2D eigenvalue weighted by atomic mass is 10.3. The summed E-state index contributed by atoms with van der Waals surface area (Å²) in [6.07, 6.45) is 1.45. The van der Waals surface area contributed by atoms with Crippen molar-refractivity contribution in [3.63, 3.8) is 0 Å². The van der Waals surface area contributed by atoms with E-state index >= 15 is 0 Å². The number of para-hydroxylation sites is 1. The van der Waals surface area contributed by atoms with Gasteiger partial charge in [-0.2, -0.15) is 9.97 Å². The molecular weight excluding hydrogens is 469 g/mol. The molecule has 0 amide bonds. The molecule has 33 heavy (non-hydrogen) atoms. The summed E-state index contributed by atoms with van der Waals surface area (Å²) in [5.41, 5.74) is 6.93. The molecule has 0 saturated carbocycles. The molecule has 4 atom stereocenters. The van der Waals surface area contributed by atoms with Gasteiger partial charge >= 0.3 is 8.53 Å². The minimum Gasteiger partial charge on any atom is -0.436 e. The third-order valence-electron chi connectivity index (χ3n) is 4.45. The van der Waals surface area contributed by atoms with Crippen molar-refractivity contribution in [2.45, 2.75) is 32.2 Å². The van der Waals surface area contributed by atoms with Gasteiger partial charge in [-0.05, 0) is 26.0 Å². The maximum atomic E-state index is 11.1. The molecule has 2 aromatic heterocycles. The fourth-order valence-electron chi connectivity index (χ4n) is 2.85. The van der Waals surface area contributed by atoms with E-state index in [-0.39, 0.29) is 18.4 Å². The average Bonchev–Trinajstić information content (AvgIpc) is 3.25. The Morgan fingerprint density at radius 1 is 1.27 bits per heavy atom. The summed E-state index contributed by atoms with van der Waals surface area (Å²) in [5, 5.41) is 5.97.